The van der Waals surface area contributed by atoms with Gasteiger partial charge in [-0.25, -0.2) is 0 Å². The molecule has 0 bridgehead atoms. The maximum atomic E-state index is 9.70. The number of phenols is 1. The van der Waals surface area contributed by atoms with Crippen LogP contribution in [0.25, 0.3) is 0 Å². The van der Waals surface area contributed by atoms with Crippen LogP contribution in [0.15, 0.2) is 18.2 Å². The standard InChI is InChI=1S/C15H23BrO.CH2O/c1-14(2,3)10-15(4,5)12-6-7-13(17)11(8-12)9-16;1-2/h6-8,17H,9-10H2,1-5H3;1H2. The lowest BCUT2D eigenvalue weighted by atomic mass is 9.72. The Morgan fingerprint density at radius 3 is 2.11 bits per heavy atom. The lowest BCUT2D eigenvalue weighted by Gasteiger charge is -2.33. The van der Waals surface area contributed by atoms with Crippen molar-refractivity contribution in [2.24, 2.45) is 5.41 Å². The van der Waals surface area contributed by atoms with E-state index in [1.807, 2.05) is 12.9 Å². The van der Waals surface area contributed by atoms with E-state index in [4.69, 9.17) is 4.79 Å². The summed E-state index contributed by atoms with van der Waals surface area (Å²) in [7, 11) is 0. The predicted molar refractivity (Wildman–Crippen MR) is 85.0 cm³/mol. The maximum absolute atomic E-state index is 9.70. The first-order valence-electron chi connectivity index (χ1n) is 6.33. The van der Waals surface area contributed by atoms with Gasteiger partial charge < -0.3 is 9.90 Å². The van der Waals surface area contributed by atoms with Gasteiger partial charge in [0.2, 0.25) is 0 Å². The summed E-state index contributed by atoms with van der Waals surface area (Å²) in [6.45, 7) is 13.3. The van der Waals surface area contributed by atoms with Crippen LogP contribution in [0.4, 0.5) is 0 Å². The molecule has 0 aromatic heterocycles. The van der Waals surface area contributed by atoms with Gasteiger partial charge in [-0.15, -0.1) is 0 Å². The summed E-state index contributed by atoms with van der Waals surface area (Å²) in [6, 6.07) is 5.94. The minimum atomic E-state index is 0.128. The molecule has 2 nitrogen and oxygen atoms in total. The van der Waals surface area contributed by atoms with Crippen molar-refractivity contribution < 1.29 is 9.90 Å². The lowest BCUT2D eigenvalue weighted by Crippen LogP contribution is -2.24. The topological polar surface area (TPSA) is 37.3 Å². The summed E-state index contributed by atoms with van der Waals surface area (Å²) >= 11 is 3.41. The van der Waals surface area contributed by atoms with Crippen molar-refractivity contribution in [1.29, 1.82) is 0 Å². The highest BCUT2D eigenvalue weighted by Gasteiger charge is 2.27. The molecule has 0 unspecified atom stereocenters. The molecular weight excluding hydrogens is 304 g/mol. The molecular formula is C16H25BrO2. The first-order valence-corrected chi connectivity index (χ1v) is 7.45. The highest BCUT2D eigenvalue weighted by Crippen LogP contribution is 2.37. The quantitative estimate of drug-likeness (QED) is 0.808. The molecule has 19 heavy (non-hydrogen) atoms. The van der Waals surface area contributed by atoms with Crippen LogP contribution in [-0.2, 0) is 15.5 Å². The van der Waals surface area contributed by atoms with Crippen molar-refractivity contribution in [3.05, 3.63) is 29.3 Å². The molecule has 1 N–H and O–H groups in total. The molecule has 0 aliphatic heterocycles. The van der Waals surface area contributed by atoms with Gasteiger partial charge in [0.1, 0.15) is 12.5 Å². The molecule has 0 aliphatic rings. The minimum Gasteiger partial charge on any atom is -0.508 e. The molecule has 108 valence electrons. The van der Waals surface area contributed by atoms with Crippen molar-refractivity contribution in [3.63, 3.8) is 0 Å². The third-order valence-electron chi connectivity index (χ3n) is 2.98. The molecule has 0 heterocycles. The fourth-order valence-electron chi connectivity index (χ4n) is 2.54. The number of carbonyl (C=O) groups excluding carboxylic acids is 1. The van der Waals surface area contributed by atoms with Gasteiger partial charge in [-0.1, -0.05) is 62.7 Å². The largest absolute Gasteiger partial charge is 0.508 e. The molecule has 1 aromatic rings. The van der Waals surface area contributed by atoms with Crippen LogP contribution in [0.5, 0.6) is 5.75 Å². The van der Waals surface area contributed by atoms with E-state index >= 15 is 0 Å². The number of alkyl halides is 1. The molecule has 0 saturated carbocycles. The molecule has 0 atom stereocenters. The van der Waals surface area contributed by atoms with Crippen molar-refractivity contribution in [2.45, 2.75) is 51.8 Å². The van der Waals surface area contributed by atoms with E-state index in [-0.39, 0.29) is 5.41 Å². The smallest absolute Gasteiger partial charge is 0.119 e. The van der Waals surface area contributed by atoms with Gasteiger partial charge in [0.05, 0.1) is 0 Å². The molecule has 3 heteroatoms. The second-order valence-corrected chi connectivity index (χ2v) is 7.16. The molecule has 0 aliphatic carbocycles. The average molecular weight is 329 g/mol. The average Bonchev–Trinajstić information content (AvgIpc) is 2.29. The van der Waals surface area contributed by atoms with Gasteiger partial charge in [0.15, 0.2) is 0 Å². The van der Waals surface area contributed by atoms with Crippen LogP contribution in [0.3, 0.4) is 0 Å². The van der Waals surface area contributed by atoms with Crippen molar-refractivity contribution in [3.8, 4) is 5.75 Å². The van der Waals surface area contributed by atoms with Crippen LogP contribution in [0.1, 0.15) is 52.2 Å². The Morgan fingerprint density at radius 2 is 1.68 bits per heavy atom. The summed E-state index contributed by atoms with van der Waals surface area (Å²) in [5, 5.41) is 10.4. The Hall–Kier alpha value is -0.830. The third-order valence-corrected chi connectivity index (χ3v) is 3.58. The molecule has 1 aromatic carbocycles. The third kappa shape index (κ3) is 5.77. The Bertz CT molecular complexity index is 406. The van der Waals surface area contributed by atoms with Crippen molar-refractivity contribution in [2.75, 3.05) is 0 Å². The number of halogens is 1. The zero-order chi connectivity index (χ0) is 15.3. The van der Waals surface area contributed by atoms with Crippen molar-refractivity contribution in [1.82, 2.24) is 0 Å². The minimum absolute atomic E-state index is 0.128. The number of carbonyl (C=O) groups is 1. The van der Waals surface area contributed by atoms with Crippen LogP contribution < -0.4 is 0 Å². The van der Waals surface area contributed by atoms with Gasteiger partial charge in [0.25, 0.3) is 0 Å². The van der Waals surface area contributed by atoms with Crippen LogP contribution in [0, 0.1) is 5.41 Å². The Morgan fingerprint density at radius 1 is 1.16 bits per heavy atom. The molecule has 0 saturated heterocycles. The lowest BCUT2D eigenvalue weighted by molar-refractivity contribution is -0.0979. The number of hydrogen-bond donors (Lipinski definition) is 1. The summed E-state index contributed by atoms with van der Waals surface area (Å²) in [4.78, 5) is 8.00. The highest BCUT2D eigenvalue weighted by molar-refractivity contribution is 9.08. The normalized spacial score (nSPS) is 11.7. The SMILES string of the molecule is C=O.CC(C)(C)CC(C)(C)c1ccc(O)c(CBr)c1. The number of hydrogen-bond acceptors (Lipinski definition) is 2. The van der Waals surface area contributed by atoms with E-state index < -0.39 is 0 Å². The number of phenolic OH excluding ortho intramolecular Hbond substituents is 1. The molecule has 0 radical (unpaired) electrons. The maximum Gasteiger partial charge on any atom is 0.119 e. The Kier molecular flexibility index (Phi) is 6.78. The first kappa shape index (κ1) is 18.2. The van der Waals surface area contributed by atoms with Crippen LogP contribution in [-0.4, -0.2) is 11.9 Å². The summed E-state index contributed by atoms with van der Waals surface area (Å²) in [5.41, 5.74) is 2.68. The van der Waals surface area contributed by atoms with E-state index in [0.717, 1.165) is 12.0 Å². The van der Waals surface area contributed by atoms with Gasteiger partial charge >= 0.3 is 0 Å². The Balaban J connectivity index is 0.00000154. The van der Waals surface area contributed by atoms with E-state index in [9.17, 15) is 5.11 Å². The highest BCUT2D eigenvalue weighted by atomic mass is 79.9. The fraction of sp³-hybridized carbons (Fsp3) is 0.562. The number of rotatable bonds is 3. The summed E-state index contributed by atoms with van der Waals surface area (Å²) < 4.78 is 0. The van der Waals surface area contributed by atoms with E-state index in [1.165, 1.54) is 5.56 Å². The summed E-state index contributed by atoms with van der Waals surface area (Å²) in [5.74, 6) is 0.372. The van der Waals surface area contributed by atoms with Gasteiger partial charge in [-0.3, -0.25) is 0 Å². The number of benzene rings is 1. The second kappa shape index (κ2) is 7.09. The van der Waals surface area contributed by atoms with Crippen molar-refractivity contribution >= 4 is 22.7 Å². The first-order chi connectivity index (χ1) is 8.65. The predicted octanol–water partition coefficient (Wildman–Crippen LogP) is 4.82. The van der Waals surface area contributed by atoms with Crippen LogP contribution in [0.2, 0.25) is 0 Å². The van der Waals surface area contributed by atoms with Crippen LogP contribution >= 0.6 is 15.9 Å². The number of aromatic hydroxyl groups is 1. The Labute approximate surface area is 125 Å². The van der Waals surface area contributed by atoms with Gasteiger partial charge in [-0.05, 0) is 28.9 Å². The fourth-order valence-corrected chi connectivity index (χ4v) is 2.99. The molecule has 1 rings (SSSR count). The molecule has 0 amide bonds. The monoisotopic (exact) mass is 328 g/mol. The van der Waals surface area contributed by atoms with E-state index in [2.05, 4.69) is 56.6 Å². The van der Waals surface area contributed by atoms with E-state index in [1.54, 1.807) is 6.07 Å². The van der Waals surface area contributed by atoms with E-state index in [0.29, 0.717) is 16.5 Å². The van der Waals surface area contributed by atoms with Gasteiger partial charge in [0, 0.05) is 10.9 Å². The second-order valence-electron chi connectivity index (χ2n) is 6.60. The van der Waals surface area contributed by atoms with Gasteiger partial charge in [-0.2, -0.15) is 0 Å². The zero-order valence-electron chi connectivity index (χ0n) is 12.6. The molecule has 0 spiro atoms. The zero-order valence-corrected chi connectivity index (χ0v) is 14.2. The summed E-state index contributed by atoms with van der Waals surface area (Å²) in [6.07, 6.45) is 1.12. The molecule has 0 fully saturated rings.